The van der Waals surface area contributed by atoms with E-state index in [2.05, 4.69) is 15.3 Å². The van der Waals surface area contributed by atoms with Gasteiger partial charge in [0.15, 0.2) is 0 Å². The van der Waals surface area contributed by atoms with Crippen LogP contribution >= 0.6 is 11.6 Å². The van der Waals surface area contributed by atoms with Crippen LogP contribution in [0.4, 0.5) is 20.4 Å². The molecular weight excluding hydrogens is 436 g/mol. The number of halogens is 3. The van der Waals surface area contributed by atoms with Gasteiger partial charge in [-0.15, -0.1) is 0 Å². The van der Waals surface area contributed by atoms with Gasteiger partial charge in [0.25, 0.3) is 5.91 Å². The highest BCUT2D eigenvalue weighted by atomic mass is 35.5. The van der Waals surface area contributed by atoms with E-state index in [4.69, 9.17) is 23.1 Å². The molecule has 6 nitrogen and oxygen atoms in total. The van der Waals surface area contributed by atoms with Crippen LogP contribution in [-0.2, 0) is 6.42 Å². The summed E-state index contributed by atoms with van der Waals surface area (Å²) in [7, 11) is 0. The third kappa shape index (κ3) is 3.20. The molecule has 0 aliphatic carbocycles. The van der Waals surface area contributed by atoms with Crippen molar-refractivity contribution in [2.24, 2.45) is 0 Å². The Morgan fingerprint density at radius 1 is 1.00 bits per heavy atom. The topological polar surface area (TPSA) is 107 Å². The highest BCUT2D eigenvalue weighted by Gasteiger charge is 2.22. The second-order valence-corrected chi connectivity index (χ2v) is 7.90. The van der Waals surface area contributed by atoms with Crippen LogP contribution in [0.25, 0.3) is 33.0 Å². The Balaban J connectivity index is 1.70. The average Bonchev–Trinajstić information content (AvgIpc) is 2.76. The number of fused-ring (bicyclic) bond motifs is 2. The zero-order valence-corrected chi connectivity index (χ0v) is 17.3. The summed E-state index contributed by atoms with van der Waals surface area (Å²) in [6.07, 6.45) is 2.02. The molecule has 0 atom stereocenters. The molecule has 0 fully saturated rings. The van der Waals surface area contributed by atoms with Gasteiger partial charge in [-0.1, -0.05) is 23.7 Å². The number of hydrogen-bond acceptors (Lipinski definition) is 5. The summed E-state index contributed by atoms with van der Waals surface area (Å²) in [6.45, 7) is 0.524. The van der Waals surface area contributed by atoms with E-state index in [9.17, 15) is 9.18 Å². The zero-order valence-electron chi connectivity index (χ0n) is 16.5. The van der Waals surface area contributed by atoms with Crippen LogP contribution in [0.3, 0.4) is 0 Å². The van der Waals surface area contributed by atoms with Crippen LogP contribution in [0.2, 0.25) is 5.02 Å². The highest BCUT2D eigenvalue weighted by molar-refractivity contribution is 6.36. The Bertz CT molecular complexity index is 1440. The van der Waals surface area contributed by atoms with Gasteiger partial charge >= 0.3 is 0 Å². The summed E-state index contributed by atoms with van der Waals surface area (Å²) < 4.78 is 30.0. The van der Waals surface area contributed by atoms with Gasteiger partial charge in [0.2, 0.25) is 5.95 Å². The summed E-state index contributed by atoms with van der Waals surface area (Å²) in [5.41, 5.74) is 14.1. The molecule has 9 heteroatoms. The second kappa shape index (κ2) is 7.42. The molecule has 32 heavy (non-hydrogen) atoms. The number of benzene rings is 2. The van der Waals surface area contributed by atoms with E-state index in [1.807, 2.05) is 6.07 Å². The van der Waals surface area contributed by atoms with Crippen molar-refractivity contribution in [3.63, 3.8) is 0 Å². The first-order valence-electron chi connectivity index (χ1n) is 9.74. The monoisotopic (exact) mass is 451 g/mol. The fourth-order valence-electron chi connectivity index (χ4n) is 3.96. The van der Waals surface area contributed by atoms with E-state index in [0.717, 1.165) is 5.56 Å². The lowest BCUT2D eigenvalue weighted by Crippen LogP contribution is -2.31. The van der Waals surface area contributed by atoms with Crippen molar-refractivity contribution >= 4 is 39.9 Å². The van der Waals surface area contributed by atoms with Gasteiger partial charge < -0.3 is 16.8 Å². The lowest BCUT2D eigenvalue weighted by atomic mass is 9.93. The number of anilines is 2. The normalized spacial score (nSPS) is 13.2. The third-order valence-corrected chi connectivity index (χ3v) is 5.93. The molecule has 0 saturated heterocycles. The van der Waals surface area contributed by atoms with Crippen LogP contribution < -0.4 is 16.8 Å². The van der Waals surface area contributed by atoms with Gasteiger partial charge in [0, 0.05) is 40.4 Å². The first-order valence-corrected chi connectivity index (χ1v) is 10.1. The first-order chi connectivity index (χ1) is 15.3. The number of amides is 1. The quantitative estimate of drug-likeness (QED) is 0.393. The zero-order chi connectivity index (χ0) is 22.6. The average molecular weight is 452 g/mol. The van der Waals surface area contributed by atoms with Crippen molar-refractivity contribution in [2.75, 3.05) is 18.0 Å². The summed E-state index contributed by atoms with van der Waals surface area (Å²) in [5.74, 6) is -1.71. The van der Waals surface area contributed by atoms with Crippen molar-refractivity contribution < 1.29 is 13.6 Å². The minimum absolute atomic E-state index is 0.0489. The SMILES string of the molecule is Nc1cc2cc(-c3cc(-c4ccc5c(c4)CCNC5=O)c(N)nc3F)c(F)c(Cl)c2cn1. The van der Waals surface area contributed by atoms with Gasteiger partial charge in [-0.25, -0.2) is 14.4 Å². The predicted octanol–water partition coefficient (Wildman–Crippen LogP) is 4.35. The molecule has 160 valence electrons. The van der Waals surface area contributed by atoms with Crippen molar-refractivity contribution in [2.45, 2.75) is 6.42 Å². The number of carbonyl (C=O) groups excluding carboxylic acids is 1. The molecule has 0 radical (unpaired) electrons. The Labute approximate surface area is 186 Å². The Hall–Kier alpha value is -3.78. The lowest BCUT2D eigenvalue weighted by molar-refractivity contribution is 0.0946. The Kier molecular flexibility index (Phi) is 4.67. The Morgan fingerprint density at radius 2 is 1.81 bits per heavy atom. The molecule has 2 aromatic carbocycles. The van der Waals surface area contributed by atoms with E-state index in [1.165, 1.54) is 24.4 Å². The molecule has 1 amide bonds. The number of nitrogens with one attached hydrogen (secondary N) is 1. The molecule has 1 aliphatic rings. The van der Waals surface area contributed by atoms with Crippen molar-refractivity contribution in [3.05, 3.63) is 70.5 Å². The number of carbonyl (C=O) groups is 1. The minimum atomic E-state index is -0.931. The third-order valence-electron chi connectivity index (χ3n) is 5.56. The van der Waals surface area contributed by atoms with E-state index in [-0.39, 0.29) is 33.7 Å². The molecule has 0 bridgehead atoms. The molecule has 2 aromatic heterocycles. The smallest absolute Gasteiger partial charge is 0.251 e. The molecule has 5 N–H and O–H groups in total. The number of aromatic nitrogens is 2. The molecule has 5 rings (SSSR count). The van der Waals surface area contributed by atoms with Crippen LogP contribution in [-0.4, -0.2) is 22.4 Å². The maximum Gasteiger partial charge on any atom is 0.251 e. The second-order valence-electron chi connectivity index (χ2n) is 7.52. The van der Waals surface area contributed by atoms with Crippen LogP contribution in [0.5, 0.6) is 0 Å². The maximum absolute atomic E-state index is 15.1. The Morgan fingerprint density at radius 3 is 2.62 bits per heavy atom. The standard InChI is InChI=1S/C23H16ClF2N5O/c24-19-17-9-30-18(27)7-12(17)6-15(20(19)25)16-8-14(22(28)31-21(16)26)10-1-2-13-11(5-10)3-4-29-23(13)32/h1-2,5-9H,3-4H2,(H2,27,30)(H2,28,31)(H,29,32). The van der Waals surface area contributed by atoms with Gasteiger partial charge in [0.1, 0.15) is 17.5 Å². The van der Waals surface area contributed by atoms with Crippen LogP contribution in [0, 0.1) is 11.8 Å². The molecule has 0 spiro atoms. The summed E-state index contributed by atoms with van der Waals surface area (Å²) in [4.78, 5) is 19.8. The fourth-order valence-corrected chi connectivity index (χ4v) is 4.22. The minimum Gasteiger partial charge on any atom is -0.384 e. The molecule has 0 unspecified atom stereocenters. The number of pyridine rings is 2. The summed E-state index contributed by atoms with van der Waals surface area (Å²) in [6, 6.07) is 9.63. The van der Waals surface area contributed by atoms with E-state index in [1.54, 1.807) is 12.1 Å². The molecule has 3 heterocycles. The molecular formula is C23H16ClF2N5O. The van der Waals surface area contributed by atoms with E-state index < -0.39 is 11.8 Å². The summed E-state index contributed by atoms with van der Waals surface area (Å²) >= 11 is 6.21. The van der Waals surface area contributed by atoms with Crippen LogP contribution in [0.1, 0.15) is 15.9 Å². The van der Waals surface area contributed by atoms with E-state index >= 15 is 4.39 Å². The number of nitrogens with two attached hydrogens (primary N) is 2. The summed E-state index contributed by atoms with van der Waals surface area (Å²) in [5, 5.41) is 3.46. The molecule has 4 aromatic rings. The first kappa shape index (κ1) is 20.1. The number of nitrogens with zero attached hydrogens (tertiary/aromatic N) is 2. The van der Waals surface area contributed by atoms with Crippen molar-refractivity contribution in [3.8, 4) is 22.3 Å². The highest BCUT2D eigenvalue weighted by Crippen LogP contribution is 2.38. The number of hydrogen-bond donors (Lipinski definition) is 3. The van der Waals surface area contributed by atoms with E-state index in [0.29, 0.717) is 40.4 Å². The van der Waals surface area contributed by atoms with Gasteiger partial charge in [-0.2, -0.15) is 4.39 Å². The van der Waals surface area contributed by atoms with Gasteiger partial charge in [-0.3, -0.25) is 4.79 Å². The number of rotatable bonds is 2. The predicted molar refractivity (Wildman–Crippen MR) is 120 cm³/mol. The lowest BCUT2D eigenvalue weighted by Gasteiger charge is -2.18. The largest absolute Gasteiger partial charge is 0.384 e. The number of nitrogen functional groups attached to an aromatic ring is 2. The maximum atomic E-state index is 15.1. The fraction of sp³-hybridized carbons (Fsp3) is 0.0870. The van der Waals surface area contributed by atoms with Crippen molar-refractivity contribution in [1.29, 1.82) is 0 Å². The van der Waals surface area contributed by atoms with Crippen molar-refractivity contribution in [1.82, 2.24) is 15.3 Å². The van der Waals surface area contributed by atoms with Gasteiger partial charge in [-0.05, 0) is 47.2 Å². The van der Waals surface area contributed by atoms with Gasteiger partial charge in [0.05, 0.1) is 5.02 Å². The molecule has 0 saturated carbocycles. The van der Waals surface area contributed by atoms with Crippen LogP contribution in [0.15, 0.2) is 42.6 Å². The molecule has 1 aliphatic heterocycles.